The van der Waals surface area contributed by atoms with Gasteiger partial charge in [0.1, 0.15) is 6.10 Å². The summed E-state index contributed by atoms with van der Waals surface area (Å²) in [7, 11) is 0. The fourth-order valence-electron chi connectivity index (χ4n) is 5.24. The fourth-order valence-corrected chi connectivity index (χ4v) is 5.24. The van der Waals surface area contributed by atoms with Gasteiger partial charge < -0.3 is 10.2 Å². The van der Waals surface area contributed by atoms with Gasteiger partial charge in [-0.15, -0.1) is 0 Å². The molecule has 0 bridgehead atoms. The lowest BCUT2D eigenvalue weighted by Crippen LogP contribution is -2.38. The number of aliphatic hydroxyl groups is 1. The molecule has 1 fully saturated rings. The first kappa shape index (κ1) is 21.3. The molecule has 2 aliphatic carbocycles. The molecule has 3 N–H and O–H groups in total. The number of aromatic nitrogens is 1. The van der Waals surface area contributed by atoms with Crippen molar-refractivity contribution in [3.8, 4) is 0 Å². The van der Waals surface area contributed by atoms with Gasteiger partial charge in [-0.25, -0.2) is 0 Å². The third kappa shape index (κ3) is 3.54. The van der Waals surface area contributed by atoms with Crippen LogP contribution in [0.25, 0.3) is 0 Å². The zero-order chi connectivity index (χ0) is 21.8. The smallest absolute Gasteiger partial charge is 0.416 e. The molecule has 2 atom stereocenters. The number of alkyl halides is 3. The van der Waals surface area contributed by atoms with Crippen molar-refractivity contribution in [1.29, 1.82) is 0 Å². The molecule has 3 nitrogen and oxygen atoms in total. The number of benzene rings is 1. The molecule has 1 spiro atoms. The van der Waals surface area contributed by atoms with Crippen LogP contribution in [0.1, 0.15) is 96.9 Å². The zero-order valence-corrected chi connectivity index (χ0v) is 17.6. The Bertz CT molecular complexity index is 946. The Balaban J connectivity index is 1.78. The SMILES string of the molecule is Cc1c([C@H](O)c2ccc(C(F)(F)F)cc2)c(C(C)C)nc2c1[C@@H]([OH2+])CC1(CCC1)C2. The van der Waals surface area contributed by atoms with E-state index >= 15 is 0 Å². The molecule has 1 saturated carbocycles. The number of pyridine rings is 1. The maximum atomic E-state index is 12.9. The Morgan fingerprint density at radius 1 is 1.17 bits per heavy atom. The van der Waals surface area contributed by atoms with Crippen LogP contribution in [0.4, 0.5) is 13.2 Å². The van der Waals surface area contributed by atoms with Gasteiger partial charge in [-0.2, -0.15) is 13.2 Å². The first-order chi connectivity index (χ1) is 14.0. The van der Waals surface area contributed by atoms with E-state index < -0.39 is 17.8 Å². The predicted molar refractivity (Wildman–Crippen MR) is 110 cm³/mol. The van der Waals surface area contributed by atoms with E-state index in [1.165, 1.54) is 18.6 Å². The van der Waals surface area contributed by atoms with Crippen LogP contribution in [0.5, 0.6) is 0 Å². The van der Waals surface area contributed by atoms with Gasteiger partial charge in [0.15, 0.2) is 6.10 Å². The van der Waals surface area contributed by atoms with Crippen molar-refractivity contribution in [2.45, 2.75) is 77.2 Å². The molecular formula is C24H29F3NO2+. The standard InChI is InChI=1S/C24H28F3NO2/c1-13(2)21-20(22(30)15-5-7-16(8-6-15)24(25,26)27)14(3)19-17(28-21)11-23(9-4-10-23)12-18(19)29/h5-8,13,18,22,29-30H,4,9-12H2,1-3H3/p+1/t18-,22+/m0/s1. The molecule has 0 saturated heterocycles. The Hall–Kier alpha value is -1.92. The molecular weight excluding hydrogens is 391 g/mol. The van der Waals surface area contributed by atoms with Crippen molar-refractivity contribution in [3.63, 3.8) is 0 Å². The van der Waals surface area contributed by atoms with E-state index in [4.69, 9.17) is 10.1 Å². The third-order valence-corrected chi connectivity index (χ3v) is 6.97. The van der Waals surface area contributed by atoms with E-state index in [9.17, 15) is 18.3 Å². The summed E-state index contributed by atoms with van der Waals surface area (Å²) >= 11 is 0. The van der Waals surface area contributed by atoms with Crippen molar-refractivity contribution in [1.82, 2.24) is 4.98 Å². The second kappa shape index (κ2) is 7.34. The third-order valence-electron chi connectivity index (χ3n) is 6.97. The monoisotopic (exact) mass is 420 g/mol. The quantitative estimate of drug-likeness (QED) is 0.667. The molecule has 2 aliphatic rings. The molecule has 6 heteroatoms. The van der Waals surface area contributed by atoms with Gasteiger partial charge >= 0.3 is 6.18 Å². The number of halogens is 3. The van der Waals surface area contributed by atoms with Crippen LogP contribution in [0, 0.1) is 12.3 Å². The van der Waals surface area contributed by atoms with Crippen molar-refractivity contribution in [2.75, 3.05) is 0 Å². The van der Waals surface area contributed by atoms with Gasteiger partial charge in [-0.05, 0) is 60.8 Å². The highest BCUT2D eigenvalue weighted by Gasteiger charge is 2.46. The Morgan fingerprint density at radius 3 is 2.30 bits per heavy atom. The molecule has 1 heterocycles. The summed E-state index contributed by atoms with van der Waals surface area (Å²) in [6.07, 6.45) is -0.649. The van der Waals surface area contributed by atoms with Crippen LogP contribution in [0.3, 0.4) is 0 Å². The van der Waals surface area contributed by atoms with Gasteiger partial charge in [0.25, 0.3) is 0 Å². The minimum Gasteiger partial charge on any atom is -0.440 e. The molecule has 0 radical (unpaired) electrons. The molecule has 0 aliphatic heterocycles. The molecule has 1 aromatic carbocycles. The number of hydrogen-bond donors (Lipinski definition) is 1. The summed E-state index contributed by atoms with van der Waals surface area (Å²) in [5.74, 6) is 0.0524. The van der Waals surface area contributed by atoms with Gasteiger partial charge in [-0.3, -0.25) is 4.98 Å². The van der Waals surface area contributed by atoms with Crippen LogP contribution < -0.4 is 0 Å². The average molecular weight is 420 g/mol. The van der Waals surface area contributed by atoms with Crippen LogP contribution in [-0.4, -0.2) is 15.2 Å². The average Bonchev–Trinajstić information content (AvgIpc) is 2.64. The second-order valence-electron chi connectivity index (χ2n) is 9.36. The number of fused-ring (bicyclic) bond motifs is 1. The second-order valence-corrected chi connectivity index (χ2v) is 9.36. The minimum atomic E-state index is -4.41. The van der Waals surface area contributed by atoms with Crippen molar-refractivity contribution in [2.24, 2.45) is 5.41 Å². The highest BCUT2D eigenvalue weighted by molar-refractivity contribution is 5.48. The summed E-state index contributed by atoms with van der Waals surface area (Å²) in [5, 5.41) is 19.9. The van der Waals surface area contributed by atoms with E-state index in [-0.39, 0.29) is 17.4 Å². The van der Waals surface area contributed by atoms with Gasteiger partial charge in [0, 0.05) is 17.7 Å². The van der Waals surface area contributed by atoms with Gasteiger partial charge in [0.2, 0.25) is 0 Å². The summed E-state index contributed by atoms with van der Waals surface area (Å²) in [4.78, 5) is 4.94. The van der Waals surface area contributed by atoms with Gasteiger partial charge in [0.05, 0.1) is 16.8 Å². The van der Waals surface area contributed by atoms with E-state index in [1.54, 1.807) is 0 Å². The largest absolute Gasteiger partial charge is 0.440 e. The Kier molecular flexibility index (Phi) is 5.22. The summed E-state index contributed by atoms with van der Waals surface area (Å²) in [6.45, 7) is 5.95. The van der Waals surface area contributed by atoms with E-state index in [2.05, 4.69) is 0 Å². The van der Waals surface area contributed by atoms with Crippen LogP contribution in [0.15, 0.2) is 24.3 Å². The topological polar surface area (TPSA) is 56.0 Å². The molecule has 4 rings (SSSR count). The predicted octanol–water partition coefficient (Wildman–Crippen LogP) is 5.50. The maximum absolute atomic E-state index is 12.9. The maximum Gasteiger partial charge on any atom is 0.416 e. The van der Waals surface area contributed by atoms with Crippen LogP contribution in [-0.2, 0) is 12.6 Å². The lowest BCUT2D eigenvalue weighted by Gasteiger charge is -2.46. The van der Waals surface area contributed by atoms with Crippen molar-refractivity contribution in [3.05, 3.63) is 63.5 Å². The first-order valence-corrected chi connectivity index (χ1v) is 10.6. The van der Waals surface area contributed by atoms with Crippen molar-refractivity contribution >= 4 is 0 Å². The molecule has 1 aromatic heterocycles. The number of aliphatic hydroxyl groups excluding tert-OH is 1. The Labute approximate surface area is 175 Å². The van der Waals surface area contributed by atoms with E-state index in [0.717, 1.165) is 60.3 Å². The number of hydrogen-bond acceptors (Lipinski definition) is 2. The van der Waals surface area contributed by atoms with Gasteiger partial charge in [-0.1, -0.05) is 32.4 Å². The lowest BCUT2D eigenvalue weighted by molar-refractivity contribution is -0.137. The molecule has 0 amide bonds. The van der Waals surface area contributed by atoms with E-state index in [0.29, 0.717) is 11.1 Å². The fraction of sp³-hybridized carbons (Fsp3) is 0.542. The molecule has 162 valence electrons. The number of rotatable bonds is 3. The van der Waals surface area contributed by atoms with Crippen LogP contribution >= 0.6 is 0 Å². The first-order valence-electron chi connectivity index (χ1n) is 10.6. The lowest BCUT2D eigenvalue weighted by atomic mass is 9.59. The van der Waals surface area contributed by atoms with E-state index in [1.807, 2.05) is 20.8 Å². The van der Waals surface area contributed by atoms with Crippen LogP contribution in [0.2, 0.25) is 0 Å². The number of nitrogens with zero attached hydrogens (tertiary/aromatic N) is 1. The van der Waals surface area contributed by atoms with Crippen molar-refractivity contribution < 1.29 is 23.4 Å². The summed E-state index contributed by atoms with van der Waals surface area (Å²) in [6, 6.07) is 4.67. The highest BCUT2D eigenvalue weighted by atomic mass is 19.4. The Morgan fingerprint density at radius 2 is 1.80 bits per heavy atom. The summed E-state index contributed by atoms with van der Waals surface area (Å²) < 4.78 is 38.7. The molecule has 30 heavy (non-hydrogen) atoms. The molecule has 0 unspecified atom stereocenters. The normalized spacial score (nSPS) is 21.4. The minimum absolute atomic E-state index is 0.0524. The zero-order valence-electron chi connectivity index (χ0n) is 17.6. The highest BCUT2D eigenvalue weighted by Crippen LogP contribution is 2.54. The summed E-state index contributed by atoms with van der Waals surface area (Å²) in [5.41, 5.74) is 4.05. The molecule has 2 aromatic rings.